The number of nitrogens with two attached hydrogens (primary N) is 1. The van der Waals surface area contributed by atoms with Crippen LogP contribution in [-0.2, 0) is 0 Å². The van der Waals surface area contributed by atoms with Crippen molar-refractivity contribution in [2.45, 2.75) is 46.5 Å². The molecule has 0 saturated carbocycles. The minimum atomic E-state index is 0. The highest BCUT2D eigenvalue weighted by atomic mass is 127. The van der Waals surface area contributed by atoms with Crippen LogP contribution in [0.4, 0.5) is 0 Å². The monoisotopic (exact) mass is 377 g/mol. The van der Waals surface area contributed by atoms with Crippen LogP contribution in [0.1, 0.15) is 46.5 Å². The van der Waals surface area contributed by atoms with Crippen molar-refractivity contribution in [3.63, 3.8) is 0 Å². The smallest absolute Gasteiger partial charge is 0.188 e. The zero-order chi connectivity index (χ0) is 13.6. The van der Waals surface area contributed by atoms with Gasteiger partial charge in [0.15, 0.2) is 5.96 Å². The maximum atomic E-state index is 5.84. The SMILES string of the molecule is C=C(C)CNC(N)=NCC(C)(C)C1=CCCCC1.I. The largest absolute Gasteiger partial charge is 0.370 e. The van der Waals surface area contributed by atoms with Crippen molar-refractivity contribution < 1.29 is 0 Å². The number of nitrogens with one attached hydrogen (secondary N) is 1. The Labute approximate surface area is 134 Å². The molecule has 0 heterocycles. The lowest BCUT2D eigenvalue weighted by Gasteiger charge is -2.29. The molecule has 1 aliphatic carbocycles. The summed E-state index contributed by atoms with van der Waals surface area (Å²) in [5, 5.41) is 3.07. The lowest BCUT2D eigenvalue weighted by atomic mass is 9.79. The summed E-state index contributed by atoms with van der Waals surface area (Å²) < 4.78 is 0. The van der Waals surface area contributed by atoms with Crippen molar-refractivity contribution in [3.8, 4) is 0 Å². The second kappa shape index (κ2) is 8.61. The number of guanidine groups is 1. The maximum absolute atomic E-state index is 5.84. The van der Waals surface area contributed by atoms with Crippen LogP contribution in [0.15, 0.2) is 28.8 Å². The lowest BCUT2D eigenvalue weighted by Crippen LogP contribution is -2.34. The van der Waals surface area contributed by atoms with Gasteiger partial charge in [-0.3, -0.25) is 4.99 Å². The molecule has 3 N–H and O–H groups in total. The molecular weight excluding hydrogens is 349 g/mol. The Morgan fingerprint density at radius 1 is 1.47 bits per heavy atom. The van der Waals surface area contributed by atoms with E-state index >= 15 is 0 Å². The van der Waals surface area contributed by atoms with Gasteiger partial charge in [0.25, 0.3) is 0 Å². The number of hydrogen-bond acceptors (Lipinski definition) is 1. The summed E-state index contributed by atoms with van der Waals surface area (Å²) in [7, 11) is 0. The molecule has 4 heteroatoms. The van der Waals surface area contributed by atoms with E-state index in [2.05, 4.69) is 36.8 Å². The molecule has 0 amide bonds. The van der Waals surface area contributed by atoms with Crippen molar-refractivity contribution in [3.05, 3.63) is 23.8 Å². The highest BCUT2D eigenvalue weighted by Crippen LogP contribution is 2.33. The third-order valence-corrected chi connectivity index (χ3v) is 3.38. The Kier molecular flexibility index (Phi) is 8.38. The Morgan fingerprint density at radius 2 is 2.16 bits per heavy atom. The molecule has 1 rings (SSSR count). The van der Waals surface area contributed by atoms with Crippen LogP contribution < -0.4 is 11.1 Å². The molecule has 0 fully saturated rings. The molecule has 0 aromatic rings. The van der Waals surface area contributed by atoms with E-state index in [1.807, 2.05) is 6.92 Å². The summed E-state index contributed by atoms with van der Waals surface area (Å²) in [4.78, 5) is 4.44. The number of rotatable bonds is 5. The average Bonchev–Trinajstić information content (AvgIpc) is 2.35. The van der Waals surface area contributed by atoms with Crippen molar-refractivity contribution >= 4 is 29.9 Å². The fraction of sp³-hybridized carbons (Fsp3) is 0.667. The summed E-state index contributed by atoms with van der Waals surface area (Å²) in [6, 6.07) is 0. The summed E-state index contributed by atoms with van der Waals surface area (Å²) in [6.45, 7) is 11.7. The second-order valence-corrected chi connectivity index (χ2v) is 5.87. The molecule has 0 spiro atoms. The minimum Gasteiger partial charge on any atom is -0.370 e. The van der Waals surface area contributed by atoms with E-state index in [9.17, 15) is 0 Å². The molecule has 0 aromatic heterocycles. The van der Waals surface area contributed by atoms with Gasteiger partial charge >= 0.3 is 0 Å². The van der Waals surface area contributed by atoms with E-state index in [-0.39, 0.29) is 29.4 Å². The quantitative estimate of drug-likeness (QED) is 0.333. The van der Waals surface area contributed by atoms with Crippen molar-refractivity contribution in [1.82, 2.24) is 5.32 Å². The molecule has 0 radical (unpaired) electrons. The molecule has 19 heavy (non-hydrogen) atoms. The minimum absolute atomic E-state index is 0. The Balaban J connectivity index is 0.00000324. The third kappa shape index (κ3) is 6.99. The Bertz CT molecular complexity index is 356. The van der Waals surface area contributed by atoms with Gasteiger partial charge in [-0.2, -0.15) is 0 Å². The first-order chi connectivity index (χ1) is 8.42. The van der Waals surface area contributed by atoms with Crippen LogP contribution in [0.3, 0.4) is 0 Å². The van der Waals surface area contributed by atoms with Gasteiger partial charge in [-0.15, -0.1) is 24.0 Å². The Morgan fingerprint density at radius 3 is 2.68 bits per heavy atom. The first-order valence-corrected chi connectivity index (χ1v) is 6.79. The molecule has 0 saturated heterocycles. The molecule has 0 unspecified atom stereocenters. The van der Waals surface area contributed by atoms with Gasteiger partial charge in [-0.25, -0.2) is 0 Å². The second-order valence-electron chi connectivity index (χ2n) is 5.87. The van der Waals surface area contributed by atoms with Crippen LogP contribution in [0.5, 0.6) is 0 Å². The van der Waals surface area contributed by atoms with Gasteiger partial charge in [0.2, 0.25) is 0 Å². The summed E-state index contributed by atoms with van der Waals surface area (Å²) >= 11 is 0. The predicted molar refractivity (Wildman–Crippen MR) is 95.1 cm³/mol. The van der Waals surface area contributed by atoms with Crippen molar-refractivity contribution in [2.24, 2.45) is 16.1 Å². The normalized spacial score (nSPS) is 16.4. The van der Waals surface area contributed by atoms with E-state index in [1.165, 1.54) is 31.3 Å². The number of aliphatic imine (C=N–C) groups is 1. The number of hydrogen-bond donors (Lipinski definition) is 2. The highest BCUT2D eigenvalue weighted by Gasteiger charge is 2.23. The van der Waals surface area contributed by atoms with Crippen LogP contribution >= 0.6 is 24.0 Å². The van der Waals surface area contributed by atoms with Gasteiger partial charge in [0, 0.05) is 12.0 Å². The third-order valence-electron chi connectivity index (χ3n) is 3.38. The summed E-state index contributed by atoms with van der Waals surface area (Å²) in [6.07, 6.45) is 7.44. The van der Waals surface area contributed by atoms with E-state index in [0.717, 1.165) is 12.1 Å². The highest BCUT2D eigenvalue weighted by molar-refractivity contribution is 14.0. The molecule has 110 valence electrons. The molecule has 3 nitrogen and oxygen atoms in total. The van der Waals surface area contributed by atoms with Crippen molar-refractivity contribution in [1.29, 1.82) is 0 Å². The topological polar surface area (TPSA) is 50.4 Å². The summed E-state index contributed by atoms with van der Waals surface area (Å²) in [5.74, 6) is 0.516. The van der Waals surface area contributed by atoms with Gasteiger partial charge < -0.3 is 11.1 Å². The predicted octanol–water partition coefficient (Wildman–Crippen LogP) is 3.61. The Hall–Kier alpha value is -0.520. The molecule has 0 aliphatic heterocycles. The molecule has 0 aromatic carbocycles. The number of nitrogens with zero attached hydrogens (tertiary/aromatic N) is 1. The van der Waals surface area contributed by atoms with Crippen LogP contribution in [0.2, 0.25) is 0 Å². The molecule has 1 aliphatic rings. The first kappa shape index (κ1) is 18.5. The average molecular weight is 377 g/mol. The van der Waals surface area contributed by atoms with Crippen molar-refractivity contribution in [2.75, 3.05) is 13.1 Å². The van der Waals surface area contributed by atoms with Crippen LogP contribution in [0.25, 0.3) is 0 Å². The zero-order valence-corrected chi connectivity index (χ0v) is 14.8. The molecule has 0 atom stereocenters. The first-order valence-electron chi connectivity index (χ1n) is 6.79. The summed E-state index contributed by atoms with van der Waals surface area (Å²) in [5.41, 5.74) is 8.55. The van der Waals surface area contributed by atoms with E-state index in [4.69, 9.17) is 5.73 Å². The van der Waals surface area contributed by atoms with Crippen LogP contribution in [0, 0.1) is 5.41 Å². The van der Waals surface area contributed by atoms with E-state index < -0.39 is 0 Å². The molecule has 0 bridgehead atoms. The van der Waals surface area contributed by atoms with E-state index in [1.54, 1.807) is 0 Å². The molecular formula is C15H28IN3. The van der Waals surface area contributed by atoms with Gasteiger partial charge in [-0.05, 0) is 32.6 Å². The lowest BCUT2D eigenvalue weighted by molar-refractivity contribution is 0.426. The number of halogens is 1. The van der Waals surface area contributed by atoms with Crippen LogP contribution in [-0.4, -0.2) is 19.0 Å². The van der Waals surface area contributed by atoms with Gasteiger partial charge in [0.05, 0.1) is 6.54 Å². The fourth-order valence-corrected chi connectivity index (χ4v) is 2.13. The van der Waals surface area contributed by atoms with Gasteiger partial charge in [-0.1, -0.05) is 37.6 Å². The maximum Gasteiger partial charge on any atom is 0.188 e. The fourth-order valence-electron chi connectivity index (χ4n) is 2.13. The number of allylic oxidation sites excluding steroid dienone is 1. The van der Waals surface area contributed by atoms with E-state index in [0.29, 0.717) is 12.5 Å². The zero-order valence-electron chi connectivity index (χ0n) is 12.5. The van der Waals surface area contributed by atoms with Gasteiger partial charge in [0.1, 0.15) is 0 Å². The standard InChI is InChI=1S/C15H27N3.HI/c1-12(2)10-17-14(16)18-11-15(3,4)13-8-6-5-7-9-13;/h8H,1,5-7,9-11H2,2-4H3,(H3,16,17,18);1H.